The number of rotatable bonds is 5. The topological polar surface area (TPSA) is 85.0 Å². The third kappa shape index (κ3) is 3.29. The minimum absolute atomic E-state index is 0.117. The molecular weight excluding hydrogens is 294 g/mol. The first kappa shape index (κ1) is 15.7. The van der Waals surface area contributed by atoms with E-state index < -0.39 is 0 Å². The van der Waals surface area contributed by atoms with Crippen molar-refractivity contribution in [3.63, 3.8) is 0 Å². The van der Waals surface area contributed by atoms with Crippen molar-refractivity contribution in [2.24, 2.45) is 0 Å². The third-order valence-corrected chi connectivity index (χ3v) is 4.29. The van der Waals surface area contributed by atoms with E-state index in [2.05, 4.69) is 27.8 Å². The number of aryl methyl sites for hydroxylation is 2. The van der Waals surface area contributed by atoms with Crippen LogP contribution in [0.1, 0.15) is 49.7 Å². The summed E-state index contributed by atoms with van der Waals surface area (Å²) in [7, 11) is 0. The molecule has 124 valence electrons. The maximum absolute atomic E-state index is 12.3. The van der Waals surface area contributed by atoms with E-state index >= 15 is 0 Å². The quantitative estimate of drug-likeness (QED) is 0.883. The zero-order chi connectivity index (χ0) is 16.4. The molecule has 7 nitrogen and oxygen atoms in total. The molecule has 0 radical (unpaired) electrons. The van der Waals surface area contributed by atoms with Gasteiger partial charge < -0.3 is 9.84 Å². The summed E-state index contributed by atoms with van der Waals surface area (Å²) in [5.41, 5.74) is 2.51. The average Bonchev–Trinajstić information content (AvgIpc) is 3.13. The SMILES string of the molecule is CCn1ncc2c1CCCC2NC(C)C(=O)Nc1cc(C)on1. The van der Waals surface area contributed by atoms with E-state index in [0.29, 0.717) is 11.6 Å². The molecular formula is C16H23N5O2. The van der Waals surface area contributed by atoms with E-state index in [0.717, 1.165) is 25.8 Å². The van der Waals surface area contributed by atoms with Crippen LogP contribution in [0.25, 0.3) is 0 Å². The van der Waals surface area contributed by atoms with Crippen LogP contribution in [0.4, 0.5) is 5.82 Å². The number of nitrogens with zero attached hydrogens (tertiary/aromatic N) is 3. The zero-order valence-electron chi connectivity index (χ0n) is 13.8. The minimum Gasteiger partial charge on any atom is -0.360 e. The van der Waals surface area contributed by atoms with Gasteiger partial charge in [0.05, 0.1) is 12.2 Å². The van der Waals surface area contributed by atoms with Crippen LogP contribution < -0.4 is 10.6 Å². The highest BCUT2D eigenvalue weighted by Gasteiger charge is 2.26. The van der Waals surface area contributed by atoms with Crippen LogP contribution in [-0.4, -0.2) is 26.9 Å². The maximum Gasteiger partial charge on any atom is 0.242 e. The zero-order valence-corrected chi connectivity index (χ0v) is 13.8. The van der Waals surface area contributed by atoms with Crippen LogP contribution in [0.5, 0.6) is 0 Å². The number of nitrogens with one attached hydrogen (secondary N) is 2. The lowest BCUT2D eigenvalue weighted by molar-refractivity contribution is -0.118. The molecule has 0 saturated carbocycles. The van der Waals surface area contributed by atoms with Gasteiger partial charge in [0.1, 0.15) is 5.76 Å². The van der Waals surface area contributed by atoms with Gasteiger partial charge in [-0.15, -0.1) is 0 Å². The van der Waals surface area contributed by atoms with Gasteiger partial charge >= 0.3 is 0 Å². The lowest BCUT2D eigenvalue weighted by Crippen LogP contribution is -2.41. The predicted molar refractivity (Wildman–Crippen MR) is 86.0 cm³/mol. The van der Waals surface area contributed by atoms with E-state index in [1.165, 1.54) is 11.3 Å². The summed E-state index contributed by atoms with van der Waals surface area (Å²) in [4.78, 5) is 12.3. The highest BCUT2D eigenvalue weighted by Crippen LogP contribution is 2.30. The van der Waals surface area contributed by atoms with E-state index in [9.17, 15) is 4.79 Å². The Balaban J connectivity index is 1.65. The molecule has 2 atom stereocenters. The monoisotopic (exact) mass is 317 g/mol. The van der Waals surface area contributed by atoms with Crippen molar-refractivity contribution in [3.05, 3.63) is 29.3 Å². The average molecular weight is 317 g/mol. The first-order valence-electron chi connectivity index (χ1n) is 8.13. The second-order valence-corrected chi connectivity index (χ2v) is 6.01. The summed E-state index contributed by atoms with van der Waals surface area (Å²) in [6, 6.07) is 1.54. The minimum atomic E-state index is -0.326. The van der Waals surface area contributed by atoms with Crippen molar-refractivity contribution in [2.45, 2.75) is 58.7 Å². The molecule has 1 amide bonds. The van der Waals surface area contributed by atoms with Crippen molar-refractivity contribution in [1.29, 1.82) is 0 Å². The summed E-state index contributed by atoms with van der Waals surface area (Å²) in [5.74, 6) is 1.00. The molecule has 3 rings (SSSR count). The molecule has 0 bridgehead atoms. The van der Waals surface area contributed by atoms with E-state index in [4.69, 9.17) is 4.52 Å². The Kier molecular flexibility index (Phi) is 4.47. The molecule has 0 aliphatic heterocycles. The van der Waals surface area contributed by atoms with Crippen molar-refractivity contribution >= 4 is 11.7 Å². The largest absolute Gasteiger partial charge is 0.360 e. The normalized spacial score (nSPS) is 18.5. The number of carbonyl (C=O) groups is 1. The van der Waals surface area contributed by atoms with Gasteiger partial charge in [-0.2, -0.15) is 5.10 Å². The van der Waals surface area contributed by atoms with Crippen molar-refractivity contribution in [1.82, 2.24) is 20.3 Å². The lowest BCUT2D eigenvalue weighted by atomic mass is 9.92. The number of fused-ring (bicyclic) bond motifs is 1. The van der Waals surface area contributed by atoms with E-state index in [1.54, 1.807) is 13.0 Å². The molecule has 2 N–H and O–H groups in total. The van der Waals surface area contributed by atoms with Gasteiger partial charge in [0.15, 0.2) is 5.82 Å². The van der Waals surface area contributed by atoms with Gasteiger partial charge in [-0.3, -0.25) is 14.8 Å². The number of hydrogen-bond donors (Lipinski definition) is 2. The second kappa shape index (κ2) is 6.54. The van der Waals surface area contributed by atoms with Crippen molar-refractivity contribution < 1.29 is 9.32 Å². The Hall–Kier alpha value is -2.15. The van der Waals surface area contributed by atoms with Gasteiger partial charge in [-0.05, 0) is 40.0 Å². The molecule has 0 fully saturated rings. The Morgan fingerprint density at radius 3 is 3.09 bits per heavy atom. The highest BCUT2D eigenvalue weighted by molar-refractivity contribution is 5.93. The summed E-state index contributed by atoms with van der Waals surface area (Å²) in [5, 5.41) is 14.4. The van der Waals surface area contributed by atoms with Gasteiger partial charge in [-0.25, -0.2) is 0 Å². The van der Waals surface area contributed by atoms with Gasteiger partial charge in [-0.1, -0.05) is 5.16 Å². The summed E-state index contributed by atoms with van der Waals surface area (Å²) >= 11 is 0. The fourth-order valence-corrected chi connectivity index (χ4v) is 3.10. The van der Waals surface area contributed by atoms with Crippen molar-refractivity contribution in [2.75, 3.05) is 5.32 Å². The van der Waals surface area contributed by atoms with Crippen LogP contribution in [0.15, 0.2) is 16.8 Å². The lowest BCUT2D eigenvalue weighted by Gasteiger charge is -2.26. The molecule has 23 heavy (non-hydrogen) atoms. The molecule has 0 aromatic carbocycles. The van der Waals surface area contributed by atoms with Gasteiger partial charge in [0.2, 0.25) is 5.91 Å². The first-order valence-corrected chi connectivity index (χ1v) is 8.13. The Labute approximate surface area is 135 Å². The van der Waals surface area contributed by atoms with Gasteiger partial charge in [0, 0.05) is 29.9 Å². The number of hydrogen-bond acceptors (Lipinski definition) is 5. The van der Waals surface area contributed by atoms with Crippen LogP contribution in [0.3, 0.4) is 0 Å². The molecule has 2 aromatic rings. The molecule has 1 aliphatic rings. The molecule has 7 heteroatoms. The molecule has 2 unspecified atom stereocenters. The Morgan fingerprint density at radius 2 is 2.39 bits per heavy atom. The molecule has 1 aliphatic carbocycles. The molecule has 2 heterocycles. The summed E-state index contributed by atoms with van der Waals surface area (Å²) in [6.07, 6.45) is 5.11. The maximum atomic E-state index is 12.3. The smallest absolute Gasteiger partial charge is 0.242 e. The number of aromatic nitrogens is 3. The fourth-order valence-electron chi connectivity index (χ4n) is 3.10. The van der Waals surface area contributed by atoms with Gasteiger partial charge in [0.25, 0.3) is 0 Å². The standard InChI is InChI=1S/C16H23N5O2/c1-4-21-14-7-5-6-13(12(14)9-17-21)18-11(3)16(22)19-15-8-10(2)23-20-15/h8-9,11,13,18H,4-7H2,1-3H3,(H,19,20,22). The second-order valence-electron chi connectivity index (χ2n) is 6.01. The third-order valence-electron chi connectivity index (χ3n) is 4.29. The number of carbonyl (C=O) groups excluding carboxylic acids is 1. The number of anilines is 1. The molecule has 2 aromatic heterocycles. The van der Waals surface area contributed by atoms with Crippen LogP contribution in [-0.2, 0) is 17.8 Å². The van der Waals surface area contributed by atoms with Crippen LogP contribution in [0, 0.1) is 6.92 Å². The first-order chi connectivity index (χ1) is 11.1. The highest BCUT2D eigenvalue weighted by atomic mass is 16.5. The Bertz CT molecular complexity index is 690. The van der Waals surface area contributed by atoms with Crippen molar-refractivity contribution in [3.8, 4) is 0 Å². The molecule has 0 spiro atoms. The fraction of sp³-hybridized carbons (Fsp3) is 0.562. The predicted octanol–water partition coefficient (Wildman–Crippen LogP) is 2.19. The Morgan fingerprint density at radius 1 is 1.57 bits per heavy atom. The van der Waals surface area contributed by atoms with Crippen LogP contribution >= 0.6 is 0 Å². The molecule has 0 saturated heterocycles. The van der Waals surface area contributed by atoms with Crippen LogP contribution in [0.2, 0.25) is 0 Å². The van der Waals surface area contributed by atoms with E-state index in [1.807, 2.05) is 17.8 Å². The number of amides is 1. The van der Waals surface area contributed by atoms with E-state index in [-0.39, 0.29) is 18.0 Å². The summed E-state index contributed by atoms with van der Waals surface area (Å²) in [6.45, 7) is 6.63. The summed E-state index contributed by atoms with van der Waals surface area (Å²) < 4.78 is 7.01.